The minimum absolute atomic E-state index is 0.0901. The van der Waals surface area contributed by atoms with Crippen LogP contribution in [0.2, 0.25) is 0 Å². The standard InChI is InChI=1S/C19H18F3NO2/c20-19(21,22)16-7-3-4-13(8-16)9-18(24)23-11-17-10-14-5-1-2-6-15(14)12-25-17/h1-8,17H,9-12H2,(H,23,24). The van der Waals surface area contributed by atoms with Gasteiger partial charge in [0.15, 0.2) is 0 Å². The Labute approximate surface area is 143 Å². The Bertz CT molecular complexity index is 758. The van der Waals surface area contributed by atoms with Crippen molar-refractivity contribution in [3.05, 3.63) is 70.8 Å². The molecule has 1 amide bonds. The van der Waals surface area contributed by atoms with Crippen LogP contribution >= 0.6 is 0 Å². The Morgan fingerprint density at radius 2 is 1.88 bits per heavy atom. The number of rotatable bonds is 4. The molecule has 1 heterocycles. The molecule has 2 aromatic carbocycles. The van der Waals surface area contributed by atoms with E-state index in [4.69, 9.17) is 4.74 Å². The summed E-state index contributed by atoms with van der Waals surface area (Å²) in [6.45, 7) is 0.844. The van der Waals surface area contributed by atoms with E-state index in [2.05, 4.69) is 5.32 Å². The van der Waals surface area contributed by atoms with Crippen molar-refractivity contribution in [1.29, 1.82) is 0 Å². The SMILES string of the molecule is O=C(Cc1cccc(C(F)(F)F)c1)NCC1Cc2ccccc2CO1. The van der Waals surface area contributed by atoms with Gasteiger partial charge < -0.3 is 10.1 Å². The average molecular weight is 349 g/mol. The molecule has 0 saturated carbocycles. The number of halogens is 3. The first kappa shape index (κ1) is 17.5. The maximum atomic E-state index is 12.7. The van der Waals surface area contributed by atoms with Crippen LogP contribution in [-0.2, 0) is 35.2 Å². The van der Waals surface area contributed by atoms with Crippen LogP contribution in [0.15, 0.2) is 48.5 Å². The van der Waals surface area contributed by atoms with Crippen molar-refractivity contribution in [3.63, 3.8) is 0 Å². The highest BCUT2D eigenvalue weighted by Gasteiger charge is 2.30. The van der Waals surface area contributed by atoms with E-state index in [1.165, 1.54) is 17.7 Å². The zero-order chi connectivity index (χ0) is 17.9. The predicted octanol–water partition coefficient (Wildman–Crippen LogP) is 3.51. The van der Waals surface area contributed by atoms with Gasteiger partial charge in [0.2, 0.25) is 5.91 Å². The van der Waals surface area contributed by atoms with Gasteiger partial charge in [-0.05, 0) is 22.8 Å². The van der Waals surface area contributed by atoms with Gasteiger partial charge in [-0.15, -0.1) is 0 Å². The summed E-state index contributed by atoms with van der Waals surface area (Å²) in [5, 5.41) is 2.74. The quantitative estimate of drug-likeness (QED) is 0.917. The second-order valence-corrected chi connectivity index (χ2v) is 6.08. The fraction of sp³-hybridized carbons (Fsp3) is 0.316. The van der Waals surface area contributed by atoms with Gasteiger partial charge in [0, 0.05) is 13.0 Å². The zero-order valence-electron chi connectivity index (χ0n) is 13.5. The summed E-state index contributed by atoms with van der Waals surface area (Å²) in [6.07, 6.45) is -3.91. The summed E-state index contributed by atoms with van der Waals surface area (Å²) in [5.41, 5.74) is 1.94. The monoisotopic (exact) mass is 349 g/mol. The molecule has 0 radical (unpaired) electrons. The Balaban J connectivity index is 1.52. The lowest BCUT2D eigenvalue weighted by atomic mass is 9.99. The molecule has 0 saturated heterocycles. The molecule has 6 heteroatoms. The van der Waals surface area contributed by atoms with E-state index >= 15 is 0 Å². The van der Waals surface area contributed by atoms with Crippen molar-refractivity contribution < 1.29 is 22.7 Å². The van der Waals surface area contributed by atoms with Crippen molar-refractivity contribution in [1.82, 2.24) is 5.32 Å². The highest BCUT2D eigenvalue weighted by molar-refractivity contribution is 5.78. The molecule has 1 aliphatic rings. The molecule has 1 atom stereocenters. The Kier molecular flexibility index (Phi) is 5.08. The number of alkyl halides is 3. The van der Waals surface area contributed by atoms with E-state index < -0.39 is 11.7 Å². The maximum absolute atomic E-state index is 12.7. The molecule has 1 aliphatic heterocycles. The number of carbonyl (C=O) groups excluding carboxylic acids is 1. The normalized spacial score (nSPS) is 17.0. The number of hydrogen-bond acceptors (Lipinski definition) is 2. The van der Waals surface area contributed by atoms with Gasteiger partial charge in [0.1, 0.15) is 0 Å². The molecule has 1 N–H and O–H groups in total. The topological polar surface area (TPSA) is 38.3 Å². The molecular formula is C19H18F3NO2. The lowest BCUT2D eigenvalue weighted by Gasteiger charge is -2.25. The third-order valence-electron chi connectivity index (χ3n) is 4.19. The number of fused-ring (bicyclic) bond motifs is 1. The van der Waals surface area contributed by atoms with E-state index in [9.17, 15) is 18.0 Å². The maximum Gasteiger partial charge on any atom is 0.416 e. The first-order valence-corrected chi connectivity index (χ1v) is 8.03. The van der Waals surface area contributed by atoms with Crippen LogP contribution in [0.3, 0.4) is 0 Å². The van der Waals surface area contributed by atoms with Crippen molar-refractivity contribution in [3.8, 4) is 0 Å². The molecule has 0 aromatic heterocycles. The van der Waals surface area contributed by atoms with Crippen molar-refractivity contribution >= 4 is 5.91 Å². The fourth-order valence-electron chi connectivity index (χ4n) is 2.87. The zero-order valence-corrected chi connectivity index (χ0v) is 13.5. The second kappa shape index (κ2) is 7.27. The number of hydrogen-bond donors (Lipinski definition) is 1. The Hall–Kier alpha value is -2.34. The van der Waals surface area contributed by atoms with E-state index in [-0.39, 0.29) is 18.4 Å². The summed E-state index contributed by atoms with van der Waals surface area (Å²) in [4.78, 5) is 12.0. The first-order valence-electron chi connectivity index (χ1n) is 8.03. The van der Waals surface area contributed by atoms with Gasteiger partial charge in [-0.3, -0.25) is 4.79 Å². The van der Waals surface area contributed by atoms with Crippen LogP contribution in [0, 0.1) is 0 Å². The van der Waals surface area contributed by atoms with Crippen LogP contribution in [0.5, 0.6) is 0 Å². The molecule has 0 aliphatic carbocycles. The Morgan fingerprint density at radius 1 is 1.12 bits per heavy atom. The van der Waals surface area contributed by atoms with Crippen LogP contribution in [0.25, 0.3) is 0 Å². The lowest BCUT2D eigenvalue weighted by molar-refractivity contribution is -0.137. The molecule has 25 heavy (non-hydrogen) atoms. The first-order chi connectivity index (χ1) is 11.9. The fourth-order valence-corrected chi connectivity index (χ4v) is 2.87. The summed E-state index contributed by atoms with van der Waals surface area (Å²) in [7, 11) is 0. The lowest BCUT2D eigenvalue weighted by Crippen LogP contribution is -2.37. The number of ether oxygens (including phenoxy) is 1. The van der Waals surface area contributed by atoms with Gasteiger partial charge in [0.05, 0.1) is 24.7 Å². The third kappa shape index (κ3) is 4.60. The summed E-state index contributed by atoms with van der Waals surface area (Å²) in [5.74, 6) is -0.318. The summed E-state index contributed by atoms with van der Waals surface area (Å²) >= 11 is 0. The minimum atomic E-state index is -4.41. The van der Waals surface area contributed by atoms with Gasteiger partial charge in [-0.2, -0.15) is 13.2 Å². The minimum Gasteiger partial charge on any atom is -0.371 e. The van der Waals surface area contributed by atoms with Crippen LogP contribution in [0.1, 0.15) is 22.3 Å². The van der Waals surface area contributed by atoms with E-state index in [0.29, 0.717) is 25.1 Å². The van der Waals surface area contributed by atoms with Crippen molar-refractivity contribution in [2.75, 3.05) is 6.54 Å². The number of carbonyl (C=O) groups is 1. The van der Waals surface area contributed by atoms with Gasteiger partial charge in [-0.1, -0.05) is 42.5 Å². The second-order valence-electron chi connectivity index (χ2n) is 6.08. The van der Waals surface area contributed by atoms with Gasteiger partial charge in [0.25, 0.3) is 0 Å². The number of amides is 1. The number of nitrogens with one attached hydrogen (secondary N) is 1. The molecule has 132 valence electrons. The van der Waals surface area contributed by atoms with E-state index in [1.54, 1.807) is 0 Å². The molecule has 0 spiro atoms. The van der Waals surface area contributed by atoms with Gasteiger partial charge >= 0.3 is 6.18 Å². The van der Waals surface area contributed by atoms with Gasteiger partial charge in [-0.25, -0.2) is 0 Å². The largest absolute Gasteiger partial charge is 0.416 e. The van der Waals surface area contributed by atoms with E-state index in [1.807, 2.05) is 24.3 Å². The molecule has 1 unspecified atom stereocenters. The Morgan fingerprint density at radius 3 is 2.64 bits per heavy atom. The smallest absolute Gasteiger partial charge is 0.371 e. The van der Waals surface area contributed by atoms with Crippen LogP contribution in [-0.4, -0.2) is 18.6 Å². The number of benzene rings is 2. The van der Waals surface area contributed by atoms with Crippen LogP contribution < -0.4 is 5.32 Å². The summed E-state index contributed by atoms with van der Waals surface area (Å²) < 4.78 is 43.8. The molecule has 0 fully saturated rings. The molecule has 3 nitrogen and oxygen atoms in total. The molecular weight excluding hydrogens is 331 g/mol. The van der Waals surface area contributed by atoms with Crippen molar-refractivity contribution in [2.45, 2.75) is 31.7 Å². The molecule has 0 bridgehead atoms. The van der Waals surface area contributed by atoms with Crippen LogP contribution in [0.4, 0.5) is 13.2 Å². The molecule has 2 aromatic rings. The molecule has 3 rings (SSSR count). The van der Waals surface area contributed by atoms with E-state index in [0.717, 1.165) is 17.7 Å². The van der Waals surface area contributed by atoms with Crippen molar-refractivity contribution in [2.24, 2.45) is 0 Å². The third-order valence-corrected chi connectivity index (χ3v) is 4.19. The predicted molar refractivity (Wildman–Crippen MR) is 86.9 cm³/mol. The average Bonchev–Trinajstić information content (AvgIpc) is 2.59. The highest BCUT2D eigenvalue weighted by Crippen LogP contribution is 2.29. The summed E-state index contributed by atoms with van der Waals surface area (Å²) in [6, 6.07) is 12.8. The highest BCUT2D eigenvalue weighted by atomic mass is 19.4.